The van der Waals surface area contributed by atoms with Crippen LogP contribution in [0.2, 0.25) is 0 Å². The van der Waals surface area contributed by atoms with Gasteiger partial charge in [0.25, 0.3) is 0 Å². The lowest BCUT2D eigenvalue weighted by molar-refractivity contribution is 0.717. The number of hydrogen-bond donors (Lipinski definition) is 0. The number of fused-ring (bicyclic) bond motifs is 1. The first-order valence-corrected chi connectivity index (χ1v) is 13.7. The number of hydrogen-bond acceptors (Lipinski definition) is 2. The molecule has 0 amide bonds. The number of nitrogens with zero attached hydrogens (tertiary/aromatic N) is 2. The molecule has 5 rings (SSSR count). The molecule has 0 saturated heterocycles. The SMILES string of the molecule is CCCC1/C=C(c2ccccc2)\C(C)=C/C(=NC)c2ccccc21.CCc1ccccc1-c1ccccn1. The topological polar surface area (TPSA) is 25.2 Å². The second kappa shape index (κ2) is 13.5. The third-order valence-corrected chi connectivity index (χ3v) is 7.05. The molecule has 2 nitrogen and oxygen atoms in total. The molecule has 0 bridgehead atoms. The van der Waals surface area contributed by atoms with Gasteiger partial charge < -0.3 is 0 Å². The van der Waals surface area contributed by atoms with E-state index in [1.165, 1.54) is 45.4 Å². The van der Waals surface area contributed by atoms with Crippen molar-refractivity contribution in [1.29, 1.82) is 0 Å². The van der Waals surface area contributed by atoms with Crippen molar-refractivity contribution in [2.45, 2.75) is 46.0 Å². The molecule has 1 unspecified atom stereocenters. The largest absolute Gasteiger partial charge is 0.288 e. The highest BCUT2D eigenvalue weighted by atomic mass is 14.7. The molecular weight excluding hydrogens is 460 g/mol. The van der Waals surface area contributed by atoms with E-state index in [0.29, 0.717) is 5.92 Å². The van der Waals surface area contributed by atoms with E-state index in [1.807, 2.05) is 25.4 Å². The minimum absolute atomic E-state index is 0.418. The van der Waals surface area contributed by atoms with E-state index in [4.69, 9.17) is 0 Å². The molecule has 1 atom stereocenters. The van der Waals surface area contributed by atoms with E-state index in [0.717, 1.165) is 24.2 Å². The van der Waals surface area contributed by atoms with Gasteiger partial charge in [0.05, 0.1) is 11.4 Å². The lowest BCUT2D eigenvalue weighted by Gasteiger charge is -2.23. The summed E-state index contributed by atoms with van der Waals surface area (Å²) in [7, 11) is 1.89. The Hall–Kier alpha value is -4.04. The third-order valence-electron chi connectivity index (χ3n) is 7.05. The molecule has 0 fully saturated rings. The maximum absolute atomic E-state index is 4.58. The van der Waals surface area contributed by atoms with Crippen LogP contribution in [0.5, 0.6) is 0 Å². The predicted molar refractivity (Wildman–Crippen MR) is 164 cm³/mol. The summed E-state index contributed by atoms with van der Waals surface area (Å²) in [6.07, 6.45) is 9.88. The van der Waals surface area contributed by atoms with E-state index in [9.17, 15) is 0 Å². The number of aliphatic imine (C=N–C) groups is 1. The Bertz CT molecular complexity index is 1410. The molecule has 3 aromatic carbocycles. The molecule has 1 heterocycles. The van der Waals surface area contributed by atoms with E-state index in [2.05, 4.69) is 128 Å². The zero-order chi connectivity index (χ0) is 26.7. The van der Waals surface area contributed by atoms with Gasteiger partial charge in [-0.15, -0.1) is 0 Å². The maximum Gasteiger partial charge on any atom is 0.0704 e. The van der Waals surface area contributed by atoms with Gasteiger partial charge in [0, 0.05) is 30.3 Å². The number of aryl methyl sites for hydroxylation is 1. The lowest BCUT2D eigenvalue weighted by Crippen LogP contribution is -2.10. The van der Waals surface area contributed by atoms with Crippen molar-refractivity contribution in [1.82, 2.24) is 4.98 Å². The molecule has 2 heteroatoms. The van der Waals surface area contributed by atoms with E-state index in [1.54, 1.807) is 0 Å². The Balaban J connectivity index is 0.000000204. The van der Waals surface area contributed by atoms with Crippen molar-refractivity contribution in [2.75, 3.05) is 7.05 Å². The van der Waals surface area contributed by atoms with Crippen molar-refractivity contribution in [3.63, 3.8) is 0 Å². The van der Waals surface area contributed by atoms with Gasteiger partial charge >= 0.3 is 0 Å². The van der Waals surface area contributed by atoms with Crippen LogP contribution < -0.4 is 0 Å². The second-order valence-electron chi connectivity index (χ2n) is 9.59. The molecule has 0 radical (unpaired) electrons. The van der Waals surface area contributed by atoms with Crippen molar-refractivity contribution in [3.8, 4) is 11.3 Å². The second-order valence-corrected chi connectivity index (χ2v) is 9.59. The highest BCUT2D eigenvalue weighted by Gasteiger charge is 2.19. The van der Waals surface area contributed by atoms with E-state index in [-0.39, 0.29) is 0 Å². The van der Waals surface area contributed by atoms with Crippen LogP contribution in [0.1, 0.15) is 61.8 Å². The first kappa shape index (κ1) is 27.0. The van der Waals surface area contributed by atoms with Gasteiger partial charge in [0.1, 0.15) is 0 Å². The predicted octanol–water partition coefficient (Wildman–Crippen LogP) is 9.34. The van der Waals surface area contributed by atoms with Crippen molar-refractivity contribution in [2.24, 2.45) is 4.99 Å². The Morgan fingerprint density at radius 1 is 0.763 bits per heavy atom. The third kappa shape index (κ3) is 6.44. The Kier molecular flexibility index (Phi) is 9.59. The summed E-state index contributed by atoms with van der Waals surface area (Å²) in [5.41, 5.74) is 11.3. The highest BCUT2D eigenvalue weighted by molar-refractivity contribution is 6.12. The van der Waals surface area contributed by atoms with Crippen LogP contribution in [-0.4, -0.2) is 17.7 Å². The average Bonchev–Trinajstić information content (AvgIpc) is 2.98. The van der Waals surface area contributed by atoms with Gasteiger partial charge in [-0.3, -0.25) is 9.98 Å². The van der Waals surface area contributed by atoms with Crippen LogP contribution in [0.15, 0.2) is 126 Å². The molecule has 1 aromatic heterocycles. The normalized spacial score (nSPS) is 18.5. The number of benzene rings is 3. The first-order chi connectivity index (χ1) is 18.7. The first-order valence-electron chi connectivity index (χ1n) is 13.7. The molecule has 0 N–H and O–H groups in total. The summed E-state index contributed by atoms with van der Waals surface area (Å²) in [4.78, 5) is 8.93. The molecule has 1 aliphatic rings. The van der Waals surface area contributed by atoms with Gasteiger partial charge in [-0.25, -0.2) is 0 Å². The summed E-state index contributed by atoms with van der Waals surface area (Å²) in [5.74, 6) is 0.418. The molecule has 4 aromatic rings. The quantitative estimate of drug-likeness (QED) is 0.269. The molecule has 0 saturated carbocycles. The summed E-state index contributed by atoms with van der Waals surface area (Å²) in [6.45, 7) is 6.62. The molecule has 192 valence electrons. The zero-order valence-electron chi connectivity index (χ0n) is 23.1. The maximum atomic E-state index is 4.58. The van der Waals surface area contributed by atoms with Gasteiger partial charge in [0.2, 0.25) is 0 Å². The number of aromatic nitrogens is 1. The number of rotatable bonds is 5. The highest BCUT2D eigenvalue weighted by Crippen LogP contribution is 2.35. The number of allylic oxidation sites excluding steroid dienone is 4. The fourth-order valence-corrected chi connectivity index (χ4v) is 5.11. The minimum atomic E-state index is 0.418. The van der Waals surface area contributed by atoms with Crippen molar-refractivity contribution >= 4 is 11.3 Å². The van der Waals surface area contributed by atoms with Crippen molar-refractivity contribution < 1.29 is 0 Å². The van der Waals surface area contributed by atoms with Crippen LogP contribution in [0.4, 0.5) is 0 Å². The van der Waals surface area contributed by atoms with Gasteiger partial charge in [0.15, 0.2) is 0 Å². The molecular formula is C36H38N2. The Morgan fingerprint density at radius 2 is 1.45 bits per heavy atom. The average molecular weight is 499 g/mol. The number of pyridine rings is 1. The van der Waals surface area contributed by atoms with Crippen LogP contribution in [0, 0.1) is 0 Å². The van der Waals surface area contributed by atoms with E-state index < -0.39 is 0 Å². The Morgan fingerprint density at radius 3 is 2.13 bits per heavy atom. The molecule has 0 spiro atoms. The van der Waals surface area contributed by atoms with Gasteiger partial charge in [-0.2, -0.15) is 0 Å². The van der Waals surface area contributed by atoms with Gasteiger partial charge in [-0.1, -0.05) is 111 Å². The summed E-state index contributed by atoms with van der Waals surface area (Å²) < 4.78 is 0. The van der Waals surface area contributed by atoms with Crippen LogP contribution in [0.25, 0.3) is 16.8 Å². The molecule has 1 aliphatic carbocycles. The lowest BCUT2D eigenvalue weighted by atomic mass is 9.82. The van der Waals surface area contributed by atoms with Crippen LogP contribution >= 0.6 is 0 Å². The minimum Gasteiger partial charge on any atom is -0.288 e. The smallest absolute Gasteiger partial charge is 0.0704 e. The van der Waals surface area contributed by atoms with Crippen LogP contribution in [-0.2, 0) is 6.42 Å². The molecule has 0 aliphatic heterocycles. The summed E-state index contributed by atoms with van der Waals surface area (Å²) in [5, 5.41) is 0. The fraction of sp³-hybridized carbons (Fsp3) is 0.222. The fourth-order valence-electron chi connectivity index (χ4n) is 5.11. The standard InChI is InChI=1S/C23H25N.C13H13N/c1-4-10-19-16-22(18-11-6-5-7-12-18)17(2)15-23(24-3)21-14-9-8-13-20(19)21;1-2-11-7-3-4-8-12(11)13-9-5-6-10-14-13/h5-9,11-16,19H,4,10H2,1-3H3;3-10H,2H2,1H3/b17-15-,22-16+,24-23?;. The molecule has 38 heavy (non-hydrogen) atoms. The van der Waals surface area contributed by atoms with Crippen molar-refractivity contribution in [3.05, 3.63) is 143 Å². The zero-order valence-corrected chi connectivity index (χ0v) is 23.1. The van der Waals surface area contributed by atoms with Gasteiger partial charge in [-0.05, 0) is 65.8 Å². The Labute approximate surface area is 228 Å². The van der Waals surface area contributed by atoms with E-state index >= 15 is 0 Å². The summed E-state index contributed by atoms with van der Waals surface area (Å²) in [6, 6.07) is 33.8. The van der Waals surface area contributed by atoms with Crippen LogP contribution in [0.3, 0.4) is 0 Å². The monoisotopic (exact) mass is 498 g/mol. The summed E-state index contributed by atoms with van der Waals surface area (Å²) >= 11 is 0.